The summed E-state index contributed by atoms with van der Waals surface area (Å²) in [7, 11) is 0. The van der Waals surface area contributed by atoms with Crippen molar-refractivity contribution in [3.63, 3.8) is 0 Å². The first-order valence-electron chi connectivity index (χ1n) is 9.93. The number of amides is 2. The van der Waals surface area contributed by atoms with Crippen LogP contribution in [0.5, 0.6) is 0 Å². The number of pyridine rings is 1. The lowest BCUT2D eigenvalue weighted by molar-refractivity contribution is 0.0524. The lowest BCUT2D eigenvalue weighted by Crippen LogP contribution is -2.50. The molecule has 0 unspecified atom stereocenters. The molecule has 0 spiro atoms. The predicted molar refractivity (Wildman–Crippen MR) is 106 cm³/mol. The van der Waals surface area contributed by atoms with E-state index in [0.717, 1.165) is 22.9 Å². The number of hydrogen-bond donors (Lipinski definition) is 0. The van der Waals surface area contributed by atoms with E-state index in [1.165, 1.54) is 0 Å². The van der Waals surface area contributed by atoms with Gasteiger partial charge in [0.25, 0.3) is 11.8 Å². The van der Waals surface area contributed by atoms with Gasteiger partial charge in [-0.15, -0.1) is 5.10 Å². The number of carbonyl (C=O) groups excluding carboxylic acids is 2. The molecule has 0 aliphatic carbocycles. The molecule has 2 bridgehead atoms. The van der Waals surface area contributed by atoms with E-state index in [1.807, 2.05) is 47.9 Å². The quantitative estimate of drug-likeness (QED) is 0.682. The minimum atomic E-state index is -0.105. The van der Waals surface area contributed by atoms with Crippen molar-refractivity contribution in [2.24, 2.45) is 0 Å². The minimum absolute atomic E-state index is 0.00905. The van der Waals surface area contributed by atoms with Gasteiger partial charge in [-0.25, -0.2) is 0 Å². The second-order valence-corrected chi connectivity index (χ2v) is 7.75. The summed E-state index contributed by atoms with van der Waals surface area (Å²) < 4.78 is 1.65. The van der Waals surface area contributed by atoms with Crippen molar-refractivity contribution < 1.29 is 9.59 Å². The van der Waals surface area contributed by atoms with Gasteiger partial charge >= 0.3 is 0 Å². The van der Waals surface area contributed by atoms with Crippen molar-refractivity contribution in [3.8, 4) is 0 Å². The Hall–Kier alpha value is -3.29. The number of piperazine rings is 1. The van der Waals surface area contributed by atoms with Crippen LogP contribution >= 0.6 is 0 Å². The highest BCUT2D eigenvalue weighted by atomic mass is 16.2. The van der Waals surface area contributed by atoms with Gasteiger partial charge in [-0.2, -0.15) is 0 Å². The van der Waals surface area contributed by atoms with E-state index < -0.39 is 0 Å². The number of fused-ring (bicyclic) bond motifs is 3. The van der Waals surface area contributed by atoms with Crippen LogP contribution in [0.1, 0.15) is 39.8 Å². The van der Waals surface area contributed by atoms with E-state index in [9.17, 15) is 9.59 Å². The fourth-order valence-electron chi connectivity index (χ4n) is 4.51. The highest BCUT2D eigenvalue weighted by molar-refractivity contribution is 6.06. The Morgan fingerprint density at radius 2 is 1.86 bits per heavy atom. The van der Waals surface area contributed by atoms with E-state index in [1.54, 1.807) is 17.1 Å². The zero-order chi connectivity index (χ0) is 20.1. The maximum absolute atomic E-state index is 13.3. The normalized spacial score (nSPS) is 20.6. The van der Waals surface area contributed by atoms with E-state index in [0.29, 0.717) is 30.9 Å². The van der Waals surface area contributed by atoms with Crippen LogP contribution in [0.2, 0.25) is 0 Å². The van der Waals surface area contributed by atoms with Crippen LogP contribution in [0.4, 0.5) is 0 Å². The van der Waals surface area contributed by atoms with Gasteiger partial charge in [0, 0.05) is 31.2 Å². The SMILES string of the molecule is CCn1cc(C(=O)N2C[C@@H]3C[C@H]2CN3C(=O)c2ccc(C)c3cccnc23)nn1. The smallest absolute Gasteiger partial charge is 0.276 e. The molecule has 0 saturated carbocycles. The van der Waals surface area contributed by atoms with Crippen LogP contribution in [0, 0.1) is 6.92 Å². The third-order valence-electron chi connectivity index (χ3n) is 6.06. The molecular weight excluding hydrogens is 368 g/mol. The molecule has 148 valence electrons. The lowest BCUT2D eigenvalue weighted by atomic mass is 10.0. The first kappa shape index (κ1) is 17.8. The predicted octanol–water partition coefficient (Wildman–Crippen LogP) is 1.89. The maximum Gasteiger partial charge on any atom is 0.276 e. The fourth-order valence-corrected chi connectivity index (χ4v) is 4.51. The molecule has 2 amide bonds. The molecule has 2 saturated heterocycles. The maximum atomic E-state index is 13.3. The van der Waals surface area contributed by atoms with Crippen molar-refractivity contribution in [1.29, 1.82) is 0 Å². The molecule has 0 radical (unpaired) electrons. The van der Waals surface area contributed by atoms with Gasteiger partial charge in [0.05, 0.1) is 29.4 Å². The van der Waals surface area contributed by atoms with Crippen molar-refractivity contribution in [2.45, 2.75) is 38.9 Å². The van der Waals surface area contributed by atoms with Crippen LogP contribution in [-0.2, 0) is 6.54 Å². The molecule has 4 heterocycles. The Bertz CT molecular complexity index is 1120. The largest absolute Gasteiger partial charge is 0.332 e. The second-order valence-electron chi connectivity index (χ2n) is 7.75. The Morgan fingerprint density at radius 3 is 2.55 bits per heavy atom. The number of benzene rings is 1. The number of nitrogens with zero attached hydrogens (tertiary/aromatic N) is 6. The summed E-state index contributed by atoms with van der Waals surface area (Å²) in [5, 5.41) is 8.95. The molecule has 2 atom stereocenters. The number of aromatic nitrogens is 4. The van der Waals surface area contributed by atoms with E-state index >= 15 is 0 Å². The summed E-state index contributed by atoms with van der Waals surface area (Å²) in [6.45, 7) is 5.72. The van der Waals surface area contributed by atoms with Gasteiger partial charge in [0.2, 0.25) is 0 Å². The molecule has 29 heavy (non-hydrogen) atoms. The summed E-state index contributed by atoms with van der Waals surface area (Å²) in [4.78, 5) is 34.3. The van der Waals surface area contributed by atoms with Crippen LogP contribution in [0.3, 0.4) is 0 Å². The van der Waals surface area contributed by atoms with Crippen LogP contribution in [-0.4, -0.2) is 66.8 Å². The molecule has 2 fully saturated rings. The first-order chi connectivity index (χ1) is 14.1. The number of carbonyl (C=O) groups is 2. The molecule has 2 aliphatic heterocycles. The molecule has 2 aromatic heterocycles. The van der Waals surface area contributed by atoms with Gasteiger partial charge in [0.1, 0.15) is 0 Å². The molecule has 0 N–H and O–H groups in total. The van der Waals surface area contributed by atoms with Crippen LogP contribution in [0.25, 0.3) is 10.9 Å². The first-order valence-corrected chi connectivity index (χ1v) is 9.93. The third kappa shape index (κ3) is 2.78. The Morgan fingerprint density at radius 1 is 1.10 bits per heavy atom. The number of likely N-dealkylation sites (tertiary alicyclic amines) is 2. The monoisotopic (exact) mass is 390 g/mol. The molecule has 8 heteroatoms. The van der Waals surface area contributed by atoms with Crippen LogP contribution < -0.4 is 0 Å². The van der Waals surface area contributed by atoms with Gasteiger partial charge in [-0.05, 0) is 38.0 Å². The minimum Gasteiger partial charge on any atom is -0.332 e. The average Bonchev–Trinajstić information content (AvgIpc) is 3.48. The lowest BCUT2D eigenvalue weighted by Gasteiger charge is -2.34. The number of aryl methyl sites for hydroxylation is 2. The van der Waals surface area contributed by atoms with Crippen molar-refractivity contribution >= 4 is 22.7 Å². The Kier molecular flexibility index (Phi) is 4.08. The topological polar surface area (TPSA) is 84.2 Å². The van der Waals surface area contributed by atoms with E-state index in [2.05, 4.69) is 15.3 Å². The summed E-state index contributed by atoms with van der Waals surface area (Å²) in [5.41, 5.74) is 2.84. The van der Waals surface area contributed by atoms with Gasteiger partial charge in [-0.3, -0.25) is 19.3 Å². The van der Waals surface area contributed by atoms with Crippen LogP contribution in [0.15, 0.2) is 36.7 Å². The summed E-state index contributed by atoms with van der Waals surface area (Å²) in [5.74, 6) is -0.114. The van der Waals surface area contributed by atoms with Crippen molar-refractivity contribution in [1.82, 2.24) is 29.8 Å². The molecule has 5 rings (SSSR count). The zero-order valence-electron chi connectivity index (χ0n) is 16.4. The number of hydrogen-bond acceptors (Lipinski definition) is 5. The molecule has 8 nitrogen and oxygen atoms in total. The van der Waals surface area contributed by atoms with Gasteiger partial charge in [0.15, 0.2) is 5.69 Å². The average molecular weight is 390 g/mol. The highest BCUT2D eigenvalue weighted by Crippen LogP contribution is 2.33. The highest BCUT2D eigenvalue weighted by Gasteiger charge is 2.48. The van der Waals surface area contributed by atoms with Crippen molar-refractivity contribution in [2.75, 3.05) is 13.1 Å². The molecule has 2 aliphatic rings. The molecule has 3 aromatic rings. The third-order valence-corrected chi connectivity index (χ3v) is 6.06. The fraction of sp³-hybridized carbons (Fsp3) is 0.381. The van der Waals surface area contributed by atoms with Gasteiger partial charge < -0.3 is 9.80 Å². The van der Waals surface area contributed by atoms with Gasteiger partial charge in [-0.1, -0.05) is 17.3 Å². The van der Waals surface area contributed by atoms with E-state index in [-0.39, 0.29) is 23.9 Å². The summed E-state index contributed by atoms with van der Waals surface area (Å²) in [6, 6.07) is 7.77. The number of rotatable bonds is 3. The molecular formula is C21H22N6O2. The summed E-state index contributed by atoms with van der Waals surface area (Å²) in [6.07, 6.45) is 4.20. The summed E-state index contributed by atoms with van der Waals surface area (Å²) >= 11 is 0. The Balaban J connectivity index is 1.37. The van der Waals surface area contributed by atoms with E-state index in [4.69, 9.17) is 0 Å². The standard InChI is InChI=1S/C21H22N6O2/c1-3-25-12-18(23-24-25)21(29)27-11-14-9-15(27)10-26(14)20(28)17-7-6-13(2)16-5-4-8-22-19(16)17/h4-8,12,14-15H,3,9-11H2,1-2H3/t14-,15-/m0/s1. The molecule has 1 aromatic carbocycles. The zero-order valence-corrected chi connectivity index (χ0v) is 16.4. The second kappa shape index (κ2) is 6.65. The van der Waals surface area contributed by atoms with Crippen molar-refractivity contribution in [3.05, 3.63) is 53.5 Å². The Labute approximate surface area is 168 Å².